The van der Waals surface area contributed by atoms with Crippen LogP contribution >= 0.6 is 0 Å². The van der Waals surface area contributed by atoms with Gasteiger partial charge >= 0.3 is 0 Å². The molecular formula is C24H31N3O2. The maximum absolute atomic E-state index is 12.8. The summed E-state index contributed by atoms with van der Waals surface area (Å²) in [6.45, 7) is 4.49. The lowest BCUT2D eigenvalue weighted by atomic mass is 10.0. The van der Waals surface area contributed by atoms with Crippen molar-refractivity contribution in [3.05, 3.63) is 65.7 Å². The third kappa shape index (κ3) is 5.59. The van der Waals surface area contributed by atoms with Crippen LogP contribution in [-0.2, 0) is 11.2 Å². The van der Waals surface area contributed by atoms with Gasteiger partial charge in [-0.2, -0.15) is 0 Å². The van der Waals surface area contributed by atoms with Crippen molar-refractivity contribution in [3.8, 4) is 0 Å². The number of nitrogens with zero attached hydrogens (tertiary/aromatic N) is 2. The molecule has 2 aromatic rings. The highest BCUT2D eigenvalue weighted by atomic mass is 16.2. The molecule has 0 spiro atoms. The lowest BCUT2D eigenvalue weighted by molar-refractivity contribution is -0.121. The van der Waals surface area contributed by atoms with Crippen molar-refractivity contribution >= 4 is 17.5 Å². The Morgan fingerprint density at radius 1 is 1.03 bits per heavy atom. The summed E-state index contributed by atoms with van der Waals surface area (Å²) < 4.78 is 0. The summed E-state index contributed by atoms with van der Waals surface area (Å²) in [7, 11) is 1.86. The second kappa shape index (κ2) is 10.1. The van der Waals surface area contributed by atoms with E-state index in [1.54, 1.807) is 4.90 Å². The molecule has 5 nitrogen and oxygen atoms in total. The minimum atomic E-state index is 0.0701. The molecule has 0 atom stereocenters. The van der Waals surface area contributed by atoms with E-state index in [2.05, 4.69) is 17.1 Å². The molecule has 0 radical (unpaired) electrons. The molecule has 0 saturated carbocycles. The number of anilines is 1. The number of carbonyl (C=O) groups is 2. The molecule has 154 valence electrons. The van der Waals surface area contributed by atoms with Crippen LogP contribution in [0.1, 0.15) is 42.1 Å². The fourth-order valence-electron chi connectivity index (χ4n) is 3.90. The number of para-hydroxylation sites is 1. The molecule has 0 aliphatic carbocycles. The van der Waals surface area contributed by atoms with Crippen molar-refractivity contribution in [1.29, 1.82) is 0 Å². The molecule has 1 N–H and O–H groups in total. The van der Waals surface area contributed by atoms with Gasteiger partial charge in [-0.05, 0) is 37.0 Å². The van der Waals surface area contributed by atoms with Gasteiger partial charge in [-0.1, -0.05) is 49.4 Å². The summed E-state index contributed by atoms with van der Waals surface area (Å²) in [5.74, 6) is 0.146. The first kappa shape index (κ1) is 20.9. The van der Waals surface area contributed by atoms with Crippen molar-refractivity contribution in [3.63, 3.8) is 0 Å². The maximum Gasteiger partial charge on any atom is 0.255 e. The third-order valence-electron chi connectivity index (χ3n) is 5.45. The topological polar surface area (TPSA) is 52.7 Å². The van der Waals surface area contributed by atoms with E-state index in [1.165, 1.54) is 0 Å². The van der Waals surface area contributed by atoms with Gasteiger partial charge in [0.1, 0.15) is 0 Å². The van der Waals surface area contributed by atoms with Crippen LogP contribution < -0.4 is 10.2 Å². The van der Waals surface area contributed by atoms with E-state index in [9.17, 15) is 9.59 Å². The second-order valence-corrected chi connectivity index (χ2v) is 7.74. The smallest absolute Gasteiger partial charge is 0.255 e. The summed E-state index contributed by atoms with van der Waals surface area (Å²) in [5, 5.41) is 3.17. The Balaban J connectivity index is 1.57. The molecular weight excluding hydrogens is 362 g/mol. The fraction of sp³-hybridized carbons (Fsp3) is 0.417. The normalized spacial score (nSPS) is 14.5. The van der Waals surface area contributed by atoms with Crippen LogP contribution in [0.25, 0.3) is 0 Å². The van der Waals surface area contributed by atoms with Gasteiger partial charge in [0, 0.05) is 38.4 Å². The first-order chi connectivity index (χ1) is 14.1. The van der Waals surface area contributed by atoms with Gasteiger partial charge in [-0.3, -0.25) is 9.59 Å². The maximum atomic E-state index is 12.8. The zero-order chi connectivity index (χ0) is 20.6. The molecule has 0 aromatic heterocycles. The molecule has 1 fully saturated rings. The molecule has 0 unspecified atom stereocenters. The van der Waals surface area contributed by atoms with Crippen LogP contribution in [0.5, 0.6) is 0 Å². The van der Waals surface area contributed by atoms with Crippen molar-refractivity contribution in [2.24, 2.45) is 0 Å². The molecule has 29 heavy (non-hydrogen) atoms. The quantitative estimate of drug-likeness (QED) is 0.783. The SMILES string of the molecule is CCCN(C)C(=O)c1ccccc1N1CCC(NC(=O)Cc2ccccc2)CC1. The standard InChI is InChI=1S/C24H31N3O2/c1-3-15-26(2)24(29)21-11-7-8-12-22(21)27-16-13-20(14-17-27)25-23(28)18-19-9-5-4-6-10-19/h4-12,20H,3,13-18H2,1-2H3,(H,25,28). The first-order valence-corrected chi connectivity index (χ1v) is 10.5. The monoisotopic (exact) mass is 393 g/mol. The van der Waals surface area contributed by atoms with Crippen LogP contribution in [0.3, 0.4) is 0 Å². The van der Waals surface area contributed by atoms with Gasteiger partial charge in [-0.25, -0.2) is 0 Å². The molecule has 1 saturated heterocycles. The molecule has 1 heterocycles. The predicted molar refractivity (Wildman–Crippen MR) is 117 cm³/mol. The average Bonchev–Trinajstić information content (AvgIpc) is 2.74. The van der Waals surface area contributed by atoms with Gasteiger partial charge in [0.25, 0.3) is 5.91 Å². The zero-order valence-electron chi connectivity index (χ0n) is 17.4. The summed E-state index contributed by atoms with van der Waals surface area (Å²) in [6.07, 6.45) is 3.13. The Kier molecular flexibility index (Phi) is 7.28. The molecule has 1 aliphatic heterocycles. The lowest BCUT2D eigenvalue weighted by Crippen LogP contribution is -2.45. The number of carbonyl (C=O) groups excluding carboxylic acids is 2. The van der Waals surface area contributed by atoms with E-state index in [1.807, 2.05) is 61.6 Å². The molecule has 1 aliphatic rings. The minimum absolute atomic E-state index is 0.0701. The lowest BCUT2D eigenvalue weighted by Gasteiger charge is -2.35. The number of amides is 2. The van der Waals surface area contributed by atoms with Crippen LogP contribution in [0.4, 0.5) is 5.69 Å². The van der Waals surface area contributed by atoms with E-state index >= 15 is 0 Å². The summed E-state index contributed by atoms with van der Waals surface area (Å²) in [4.78, 5) is 29.2. The van der Waals surface area contributed by atoms with E-state index in [4.69, 9.17) is 0 Å². The van der Waals surface area contributed by atoms with Crippen molar-refractivity contribution in [2.75, 3.05) is 31.6 Å². The largest absolute Gasteiger partial charge is 0.371 e. The van der Waals surface area contributed by atoms with Gasteiger partial charge in [-0.15, -0.1) is 0 Å². The van der Waals surface area contributed by atoms with Gasteiger partial charge in [0.2, 0.25) is 5.91 Å². The van der Waals surface area contributed by atoms with Gasteiger partial charge in [0.15, 0.2) is 0 Å². The Hall–Kier alpha value is -2.82. The number of nitrogens with one attached hydrogen (secondary N) is 1. The molecule has 2 aromatic carbocycles. The average molecular weight is 394 g/mol. The first-order valence-electron chi connectivity index (χ1n) is 10.5. The summed E-state index contributed by atoms with van der Waals surface area (Å²) in [5.41, 5.74) is 2.79. The third-order valence-corrected chi connectivity index (χ3v) is 5.45. The Morgan fingerprint density at radius 2 is 1.69 bits per heavy atom. The van der Waals surface area contributed by atoms with Crippen molar-refractivity contribution in [2.45, 2.75) is 38.6 Å². The van der Waals surface area contributed by atoms with E-state index in [0.717, 1.165) is 55.7 Å². The van der Waals surface area contributed by atoms with Gasteiger partial charge in [0.05, 0.1) is 12.0 Å². The summed E-state index contributed by atoms with van der Waals surface area (Å²) in [6, 6.07) is 17.9. The van der Waals surface area contributed by atoms with E-state index in [0.29, 0.717) is 6.42 Å². The Bertz CT molecular complexity index is 814. The van der Waals surface area contributed by atoms with Crippen LogP contribution in [-0.4, -0.2) is 49.4 Å². The number of rotatable bonds is 7. The highest BCUT2D eigenvalue weighted by Crippen LogP contribution is 2.25. The van der Waals surface area contributed by atoms with E-state index in [-0.39, 0.29) is 17.9 Å². The second-order valence-electron chi connectivity index (χ2n) is 7.74. The molecule has 3 rings (SSSR count). The summed E-state index contributed by atoms with van der Waals surface area (Å²) >= 11 is 0. The number of piperidine rings is 1. The fourth-order valence-corrected chi connectivity index (χ4v) is 3.90. The highest BCUT2D eigenvalue weighted by molar-refractivity contribution is 5.99. The highest BCUT2D eigenvalue weighted by Gasteiger charge is 2.24. The number of hydrogen-bond acceptors (Lipinski definition) is 3. The number of hydrogen-bond donors (Lipinski definition) is 1. The molecule has 0 bridgehead atoms. The minimum Gasteiger partial charge on any atom is -0.371 e. The van der Waals surface area contributed by atoms with Crippen LogP contribution in [0, 0.1) is 0 Å². The van der Waals surface area contributed by atoms with Crippen molar-refractivity contribution < 1.29 is 9.59 Å². The van der Waals surface area contributed by atoms with Crippen molar-refractivity contribution in [1.82, 2.24) is 10.2 Å². The number of benzene rings is 2. The molecule has 2 amide bonds. The van der Waals surface area contributed by atoms with Crippen LogP contribution in [0.15, 0.2) is 54.6 Å². The van der Waals surface area contributed by atoms with Crippen LogP contribution in [0.2, 0.25) is 0 Å². The zero-order valence-corrected chi connectivity index (χ0v) is 17.4. The Morgan fingerprint density at radius 3 is 2.38 bits per heavy atom. The predicted octanol–water partition coefficient (Wildman–Crippen LogP) is 3.50. The van der Waals surface area contributed by atoms with Gasteiger partial charge < -0.3 is 15.1 Å². The molecule has 5 heteroatoms. The van der Waals surface area contributed by atoms with E-state index < -0.39 is 0 Å². The Labute approximate surface area is 173 Å².